The second-order valence-electron chi connectivity index (χ2n) is 4.65. The van der Waals surface area contributed by atoms with Gasteiger partial charge in [-0.05, 0) is 24.5 Å². The maximum atomic E-state index is 13.7. The van der Waals surface area contributed by atoms with Crippen LogP contribution in [0.4, 0.5) is 8.78 Å². The average molecular weight is 300 g/mol. The molecule has 1 atom stereocenters. The molecule has 2 aromatic rings. The number of aryl methyl sites for hydroxylation is 1. The Morgan fingerprint density at radius 3 is 2.80 bits per heavy atom. The molecule has 1 unspecified atom stereocenters. The van der Waals surface area contributed by atoms with E-state index in [1.54, 1.807) is 4.68 Å². The van der Waals surface area contributed by atoms with Crippen LogP contribution < -0.4 is 5.73 Å². The van der Waals surface area contributed by atoms with E-state index in [1.165, 1.54) is 18.3 Å². The first-order chi connectivity index (χ1) is 9.52. The molecule has 2 rings (SSSR count). The third-order valence-electron chi connectivity index (χ3n) is 3.07. The van der Waals surface area contributed by atoms with Crippen LogP contribution in [0.5, 0.6) is 0 Å². The number of hydrogen-bond donors (Lipinski definition) is 1. The quantitative estimate of drug-likeness (QED) is 0.919. The van der Waals surface area contributed by atoms with Crippen LogP contribution >= 0.6 is 11.6 Å². The van der Waals surface area contributed by atoms with E-state index in [4.69, 9.17) is 17.3 Å². The van der Waals surface area contributed by atoms with E-state index in [0.29, 0.717) is 22.8 Å². The van der Waals surface area contributed by atoms with Crippen molar-refractivity contribution in [2.75, 3.05) is 0 Å². The minimum atomic E-state index is -0.603. The van der Waals surface area contributed by atoms with Gasteiger partial charge in [0.1, 0.15) is 11.6 Å². The van der Waals surface area contributed by atoms with Gasteiger partial charge in [-0.3, -0.25) is 4.68 Å². The van der Waals surface area contributed by atoms with E-state index in [1.807, 2.05) is 6.92 Å². The molecule has 0 amide bonds. The number of halogens is 3. The maximum absolute atomic E-state index is 13.7. The van der Waals surface area contributed by atoms with Gasteiger partial charge in [-0.1, -0.05) is 24.6 Å². The lowest BCUT2D eigenvalue weighted by atomic mass is 10.0. The second kappa shape index (κ2) is 6.33. The van der Waals surface area contributed by atoms with Crippen molar-refractivity contribution in [3.05, 3.63) is 52.3 Å². The van der Waals surface area contributed by atoms with E-state index in [9.17, 15) is 8.78 Å². The van der Waals surface area contributed by atoms with Crippen molar-refractivity contribution in [3.8, 4) is 0 Å². The third-order valence-corrected chi connectivity index (χ3v) is 3.37. The van der Waals surface area contributed by atoms with Gasteiger partial charge in [-0.25, -0.2) is 8.78 Å². The Balaban J connectivity index is 2.23. The van der Waals surface area contributed by atoms with Crippen molar-refractivity contribution in [3.63, 3.8) is 0 Å². The van der Waals surface area contributed by atoms with E-state index in [0.717, 1.165) is 12.5 Å². The minimum Gasteiger partial charge on any atom is -0.322 e. The molecule has 0 aliphatic carbocycles. The Kier molecular flexibility index (Phi) is 4.73. The predicted molar refractivity (Wildman–Crippen MR) is 74.5 cm³/mol. The van der Waals surface area contributed by atoms with Crippen molar-refractivity contribution in [1.29, 1.82) is 0 Å². The van der Waals surface area contributed by atoms with Gasteiger partial charge < -0.3 is 5.73 Å². The highest BCUT2D eigenvalue weighted by Crippen LogP contribution is 2.25. The molecule has 0 bridgehead atoms. The third kappa shape index (κ3) is 3.16. The molecule has 20 heavy (non-hydrogen) atoms. The molecule has 2 N–H and O–H groups in total. The average Bonchev–Trinajstić information content (AvgIpc) is 2.74. The van der Waals surface area contributed by atoms with Crippen molar-refractivity contribution < 1.29 is 8.78 Å². The molecular weight excluding hydrogens is 284 g/mol. The lowest BCUT2D eigenvalue weighted by Gasteiger charge is -2.15. The van der Waals surface area contributed by atoms with Crippen LogP contribution in [0.25, 0.3) is 0 Å². The zero-order chi connectivity index (χ0) is 14.7. The fourth-order valence-electron chi connectivity index (χ4n) is 2.15. The number of aromatic nitrogens is 2. The Bertz CT molecular complexity index is 598. The molecule has 0 aliphatic rings. The smallest absolute Gasteiger partial charge is 0.129 e. The molecule has 1 aromatic heterocycles. The predicted octanol–water partition coefficient (Wildman–Crippen LogP) is 3.47. The second-order valence-corrected chi connectivity index (χ2v) is 5.05. The van der Waals surface area contributed by atoms with Crippen molar-refractivity contribution >= 4 is 11.6 Å². The summed E-state index contributed by atoms with van der Waals surface area (Å²) in [5.41, 5.74) is 7.14. The van der Waals surface area contributed by atoms with Gasteiger partial charge in [0, 0.05) is 12.6 Å². The summed E-state index contributed by atoms with van der Waals surface area (Å²) in [7, 11) is 0. The minimum absolute atomic E-state index is 0.237. The summed E-state index contributed by atoms with van der Waals surface area (Å²) in [6, 6.07) is 2.98. The van der Waals surface area contributed by atoms with E-state index >= 15 is 0 Å². The Hall–Kier alpha value is -1.46. The van der Waals surface area contributed by atoms with Gasteiger partial charge >= 0.3 is 0 Å². The van der Waals surface area contributed by atoms with Crippen LogP contribution in [0.15, 0.2) is 24.4 Å². The summed E-state index contributed by atoms with van der Waals surface area (Å²) in [6.45, 7) is 2.71. The molecule has 0 fully saturated rings. The summed E-state index contributed by atoms with van der Waals surface area (Å²) in [5.74, 6) is -1.20. The molecule has 0 radical (unpaired) electrons. The van der Waals surface area contributed by atoms with Gasteiger partial charge in [0.05, 0.1) is 23.0 Å². The number of nitrogens with two attached hydrogens (primary N) is 1. The standard InChI is InChI=1S/C14H16ClF2N3/c1-2-5-20-14(11(15)8-19-20)13(18)6-9-3-4-10(16)7-12(9)17/h3-4,7-8,13H,2,5-6,18H2,1H3. The Morgan fingerprint density at radius 2 is 2.15 bits per heavy atom. The van der Waals surface area contributed by atoms with Gasteiger partial charge in [-0.15, -0.1) is 0 Å². The van der Waals surface area contributed by atoms with E-state index < -0.39 is 17.7 Å². The normalized spacial score (nSPS) is 12.7. The molecule has 0 aliphatic heterocycles. The highest BCUT2D eigenvalue weighted by molar-refractivity contribution is 6.31. The van der Waals surface area contributed by atoms with Crippen molar-refractivity contribution in [2.45, 2.75) is 32.4 Å². The van der Waals surface area contributed by atoms with E-state index in [2.05, 4.69) is 5.10 Å². The first-order valence-electron chi connectivity index (χ1n) is 6.43. The topological polar surface area (TPSA) is 43.8 Å². The van der Waals surface area contributed by atoms with Gasteiger partial charge in [0.2, 0.25) is 0 Å². The van der Waals surface area contributed by atoms with Crippen molar-refractivity contribution in [1.82, 2.24) is 9.78 Å². The highest BCUT2D eigenvalue weighted by Gasteiger charge is 2.18. The summed E-state index contributed by atoms with van der Waals surface area (Å²) in [6.07, 6.45) is 2.66. The summed E-state index contributed by atoms with van der Waals surface area (Å²) >= 11 is 6.09. The van der Waals surface area contributed by atoms with Crippen molar-refractivity contribution in [2.24, 2.45) is 5.73 Å². The first kappa shape index (κ1) is 14.9. The first-order valence-corrected chi connectivity index (χ1v) is 6.81. The lowest BCUT2D eigenvalue weighted by Crippen LogP contribution is -2.19. The van der Waals surface area contributed by atoms with Gasteiger partial charge in [-0.2, -0.15) is 5.10 Å². The fourth-order valence-corrected chi connectivity index (χ4v) is 2.43. The van der Waals surface area contributed by atoms with Crippen LogP contribution in [0, 0.1) is 11.6 Å². The summed E-state index contributed by atoms with van der Waals surface area (Å²) in [4.78, 5) is 0. The zero-order valence-electron chi connectivity index (χ0n) is 11.1. The number of hydrogen-bond acceptors (Lipinski definition) is 2. The SMILES string of the molecule is CCCn1ncc(Cl)c1C(N)Cc1ccc(F)cc1F. The maximum Gasteiger partial charge on any atom is 0.129 e. The number of rotatable bonds is 5. The summed E-state index contributed by atoms with van der Waals surface area (Å²) < 4.78 is 28.3. The van der Waals surface area contributed by atoms with E-state index in [-0.39, 0.29) is 6.42 Å². The molecule has 6 heteroatoms. The van der Waals surface area contributed by atoms with Crippen LogP contribution in [0.1, 0.15) is 30.6 Å². The molecule has 0 saturated heterocycles. The van der Waals surface area contributed by atoms with Crippen LogP contribution in [0.2, 0.25) is 5.02 Å². The molecule has 108 valence electrons. The summed E-state index contributed by atoms with van der Waals surface area (Å²) in [5, 5.41) is 4.62. The molecule has 3 nitrogen and oxygen atoms in total. The highest BCUT2D eigenvalue weighted by atomic mass is 35.5. The number of benzene rings is 1. The zero-order valence-corrected chi connectivity index (χ0v) is 11.9. The van der Waals surface area contributed by atoms with Gasteiger partial charge in [0.25, 0.3) is 0 Å². The molecule has 1 aromatic carbocycles. The molecule has 1 heterocycles. The van der Waals surface area contributed by atoms with Crippen LogP contribution in [0.3, 0.4) is 0 Å². The number of nitrogens with zero attached hydrogens (tertiary/aromatic N) is 2. The lowest BCUT2D eigenvalue weighted by molar-refractivity contribution is 0.525. The molecular formula is C14H16ClF2N3. The molecule has 0 saturated carbocycles. The van der Waals surface area contributed by atoms with Gasteiger partial charge in [0.15, 0.2) is 0 Å². The Morgan fingerprint density at radius 1 is 1.40 bits per heavy atom. The molecule has 0 spiro atoms. The Labute approximate surface area is 121 Å². The fraction of sp³-hybridized carbons (Fsp3) is 0.357. The van der Waals surface area contributed by atoms with Crippen LogP contribution in [-0.4, -0.2) is 9.78 Å². The monoisotopic (exact) mass is 299 g/mol. The van der Waals surface area contributed by atoms with Crippen LogP contribution in [-0.2, 0) is 13.0 Å². The largest absolute Gasteiger partial charge is 0.322 e.